The first-order valence-electron chi connectivity index (χ1n) is 10.1. The molecule has 6 nitrogen and oxygen atoms in total. The van der Waals surface area contributed by atoms with Crippen LogP contribution in [0.2, 0.25) is 0 Å². The number of benzene rings is 2. The fraction of sp³-hybridized carbons (Fsp3) is 0.160. The van der Waals surface area contributed by atoms with E-state index in [2.05, 4.69) is 4.98 Å². The van der Waals surface area contributed by atoms with Crippen molar-refractivity contribution in [2.24, 2.45) is 0 Å². The summed E-state index contributed by atoms with van der Waals surface area (Å²) in [5, 5.41) is 11.1. The molecule has 1 fully saturated rings. The Balaban J connectivity index is 1.80. The molecule has 2 heterocycles. The van der Waals surface area contributed by atoms with Gasteiger partial charge in [0.1, 0.15) is 11.5 Å². The number of aliphatic hydroxyl groups excluding tert-OH is 1. The average molecular weight is 414 g/mol. The molecule has 1 unspecified atom stereocenters. The van der Waals surface area contributed by atoms with Gasteiger partial charge in [-0.25, -0.2) is 0 Å². The number of likely N-dealkylation sites (tertiary alicyclic amines) is 1. The van der Waals surface area contributed by atoms with Crippen LogP contribution >= 0.6 is 0 Å². The van der Waals surface area contributed by atoms with Crippen LogP contribution < -0.4 is 4.74 Å². The Morgan fingerprint density at radius 1 is 1.03 bits per heavy atom. The van der Waals surface area contributed by atoms with E-state index in [4.69, 9.17) is 4.74 Å². The molecular weight excluding hydrogens is 392 g/mol. The number of ketones is 1. The summed E-state index contributed by atoms with van der Waals surface area (Å²) in [4.78, 5) is 31.6. The average Bonchev–Trinajstić information content (AvgIpc) is 3.05. The molecule has 1 aliphatic heterocycles. The van der Waals surface area contributed by atoms with E-state index in [9.17, 15) is 14.7 Å². The van der Waals surface area contributed by atoms with Gasteiger partial charge in [-0.1, -0.05) is 36.4 Å². The summed E-state index contributed by atoms with van der Waals surface area (Å²) in [7, 11) is 0. The second-order valence-electron chi connectivity index (χ2n) is 7.16. The van der Waals surface area contributed by atoms with Crippen LogP contribution in [0.25, 0.3) is 5.76 Å². The van der Waals surface area contributed by atoms with Crippen molar-refractivity contribution in [2.75, 3.05) is 6.61 Å². The maximum absolute atomic E-state index is 13.0. The predicted molar refractivity (Wildman–Crippen MR) is 116 cm³/mol. The van der Waals surface area contributed by atoms with E-state index in [1.807, 2.05) is 43.3 Å². The molecule has 3 aromatic rings. The van der Waals surface area contributed by atoms with Crippen molar-refractivity contribution in [3.05, 3.63) is 101 Å². The van der Waals surface area contributed by atoms with E-state index >= 15 is 0 Å². The zero-order chi connectivity index (χ0) is 21.8. The van der Waals surface area contributed by atoms with Crippen LogP contribution in [0, 0.1) is 0 Å². The first-order chi connectivity index (χ1) is 15.1. The Labute approximate surface area is 180 Å². The molecule has 6 heteroatoms. The summed E-state index contributed by atoms with van der Waals surface area (Å²) in [6.07, 6.45) is 3.31. The predicted octanol–water partition coefficient (Wildman–Crippen LogP) is 4.10. The standard InChI is InChI=1S/C25H22N2O4/c1-2-31-20-12-10-19(11-13-20)23(28)21-22(18-8-4-3-5-9-18)27(25(30)24(21)29)16-17-7-6-14-26-15-17/h3-15,22,28H,2,16H2,1H3/b23-21-. The zero-order valence-electron chi connectivity index (χ0n) is 17.1. The first kappa shape index (κ1) is 20.3. The maximum Gasteiger partial charge on any atom is 0.295 e. The van der Waals surface area contributed by atoms with Crippen molar-refractivity contribution in [2.45, 2.75) is 19.5 Å². The van der Waals surface area contributed by atoms with Crippen molar-refractivity contribution in [1.82, 2.24) is 9.88 Å². The van der Waals surface area contributed by atoms with Crippen molar-refractivity contribution in [3.63, 3.8) is 0 Å². The molecule has 1 amide bonds. The summed E-state index contributed by atoms with van der Waals surface area (Å²) in [6, 6.07) is 19.0. The van der Waals surface area contributed by atoms with Gasteiger partial charge >= 0.3 is 0 Å². The van der Waals surface area contributed by atoms with Gasteiger partial charge in [0.15, 0.2) is 0 Å². The third-order valence-corrected chi connectivity index (χ3v) is 5.17. The molecule has 156 valence electrons. The lowest BCUT2D eigenvalue weighted by molar-refractivity contribution is -0.140. The lowest BCUT2D eigenvalue weighted by Gasteiger charge is -2.25. The highest BCUT2D eigenvalue weighted by Gasteiger charge is 2.46. The minimum Gasteiger partial charge on any atom is -0.507 e. The molecule has 0 bridgehead atoms. The number of pyridine rings is 1. The van der Waals surface area contributed by atoms with E-state index in [1.54, 1.807) is 42.7 Å². The molecule has 0 saturated carbocycles. The fourth-order valence-corrected chi connectivity index (χ4v) is 3.74. The van der Waals surface area contributed by atoms with Gasteiger partial charge < -0.3 is 14.7 Å². The quantitative estimate of drug-likeness (QED) is 0.373. The molecule has 31 heavy (non-hydrogen) atoms. The smallest absolute Gasteiger partial charge is 0.295 e. The number of carbonyl (C=O) groups excluding carboxylic acids is 2. The van der Waals surface area contributed by atoms with E-state index < -0.39 is 17.7 Å². The summed E-state index contributed by atoms with van der Waals surface area (Å²) >= 11 is 0. The third-order valence-electron chi connectivity index (χ3n) is 5.17. The van der Waals surface area contributed by atoms with E-state index in [0.29, 0.717) is 17.9 Å². The van der Waals surface area contributed by atoms with Gasteiger partial charge in [-0.2, -0.15) is 0 Å². The van der Waals surface area contributed by atoms with Crippen molar-refractivity contribution < 1.29 is 19.4 Å². The summed E-state index contributed by atoms with van der Waals surface area (Å²) in [5.74, 6) is -0.894. The van der Waals surface area contributed by atoms with Gasteiger partial charge in [-0.15, -0.1) is 0 Å². The van der Waals surface area contributed by atoms with Crippen LogP contribution in [0.1, 0.15) is 29.7 Å². The Hall–Kier alpha value is -3.93. The second-order valence-corrected chi connectivity index (χ2v) is 7.16. The highest BCUT2D eigenvalue weighted by molar-refractivity contribution is 6.46. The van der Waals surface area contributed by atoms with E-state index in [1.165, 1.54) is 4.90 Å². The number of carbonyl (C=O) groups is 2. The Morgan fingerprint density at radius 2 is 1.77 bits per heavy atom. The molecule has 2 aromatic carbocycles. The van der Waals surface area contributed by atoms with Crippen LogP contribution in [0.5, 0.6) is 5.75 Å². The van der Waals surface area contributed by atoms with Gasteiger partial charge in [0.2, 0.25) is 0 Å². The Kier molecular flexibility index (Phi) is 5.80. The summed E-state index contributed by atoms with van der Waals surface area (Å²) in [6.45, 7) is 2.62. The molecule has 1 aliphatic rings. The molecular formula is C25H22N2O4. The summed E-state index contributed by atoms with van der Waals surface area (Å²) in [5.41, 5.74) is 2.07. The number of aliphatic hydroxyl groups is 1. The largest absolute Gasteiger partial charge is 0.507 e. The number of rotatable bonds is 6. The molecule has 4 rings (SSSR count). The van der Waals surface area contributed by atoms with Crippen LogP contribution in [0.4, 0.5) is 0 Å². The number of Topliss-reactive ketones (excluding diaryl/α,β-unsaturated/α-hetero) is 1. The maximum atomic E-state index is 13.0. The molecule has 1 N–H and O–H groups in total. The van der Waals surface area contributed by atoms with Gasteiger partial charge in [-0.05, 0) is 48.4 Å². The van der Waals surface area contributed by atoms with Gasteiger partial charge in [0, 0.05) is 24.5 Å². The van der Waals surface area contributed by atoms with E-state index in [-0.39, 0.29) is 17.9 Å². The molecule has 0 radical (unpaired) electrons. The number of aromatic nitrogens is 1. The van der Waals surface area contributed by atoms with E-state index in [0.717, 1.165) is 11.1 Å². The zero-order valence-corrected chi connectivity index (χ0v) is 17.1. The fourth-order valence-electron chi connectivity index (χ4n) is 3.74. The Bertz CT molecular complexity index is 1110. The summed E-state index contributed by atoms with van der Waals surface area (Å²) < 4.78 is 5.45. The third kappa shape index (κ3) is 4.05. The second kappa shape index (κ2) is 8.83. The van der Waals surface area contributed by atoms with Crippen molar-refractivity contribution >= 4 is 17.4 Å². The molecule has 0 aliphatic carbocycles. The van der Waals surface area contributed by atoms with Crippen LogP contribution in [-0.2, 0) is 16.1 Å². The number of hydrogen-bond donors (Lipinski definition) is 1. The topological polar surface area (TPSA) is 79.7 Å². The van der Waals surface area contributed by atoms with Crippen molar-refractivity contribution in [3.8, 4) is 5.75 Å². The minimum atomic E-state index is -0.705. The number of hydrogen-bond acceptors (Lipinski definition) is 5. The normalized spacial score (nSPS) is 17.7. The molecule has 1 atom stereocenters. The van der Waals surface area contributed by atoms with Crippen molar-refractivity contribution in [1.29, 1.82) is 0 Å². The SMILES string of the molecule is CCOc1ccc(/C(O)=C2/C(=O)C(=O)N(Cc3cccnc3)C2c2ccccc2)cc1. The molecule has 1 saturated heterocycles. The number of amides is 1. The van der Waals surface area contributed by atoms with Gasteiger partial charge in [0.05, 0.1) is 18.2 Å². The highest BCUT2D eigenvalue weighted by atomic mass is 16.5. The minimum absolute atomic E-state index is 0.0734. The Morgan fingerprint density at radius 3 is 2.42 bits per heavy atom. The lowest BCUT2D eigenvalue weighted by Crippen LogP contribution is -2.29. The van der Waals surface area contributed by atoms with Gasteiger partial charge in [0.25, 0.3) is 11.7 Å². The highest BCUT2D eigenvalue weighted by Crippen LogP contribution is 2.40. The molecule has 0 spiro atoms. The monoisotopic (exact) mass is 414 g/mol. The molecule has 1 aromatic heterocycles. The first-order valence-corrected chi connectivity index (χ1v) is 10.1. The van der Waals surface area contributed by atoms with Crippen LogP contribution in [-0.4, -0.2) is 33.3 Å². The number of ether oxygens (including phenoxy) is 1. The number of nitrogens with zero attached hydrogens (tertiary/aromatic N) is 2. The lowest BCUT2D eigenvalue weighted by atomic mass is 9.95. The van der Waals surface area contributed by atoms with Gasteiger partial charge in [-0.3, -0.25) is 14.6 Å². The van der Waals surface area contributed by atoms with Crippen LogP contribution in [0.3, 0.4) is 0 Å². The van der Waals surface area contributed by atoms with Crippen LogP contribution in [0.15, 0.2) is 84.7 Å².